The van der Waals surface area contributed by atoms with Crippen molar-refractivity contribution in [2.45, 2.75) is 98.9 Å². The van der Waals surface area contributed by atoms with Crippen molar-refractivity contribution >= 4 is 19.9 Å². The maximum atomic E-state index is 12.2. The number of hydrogen-bond acceptors (Lipinski definition) is 6. The summed E-state index contributed by atoms with van der Waals surface area (Å²) in [6, 6.07) is 0.502. The monoisotopic (exact) mass is 523 g/mol. The third-order valence-electron chi connectivity index (χ3n) is 6.48. The number of piperidine rings is 1. The van der Waals surface area contributed by atoms with Gasteiger partial charge in [0.2, 0.25) is 10.0 Å². The molecule has 0 aliphatic carbocycles. The minimum atomic E-state index is -3.08. The van der Waals surface area contributed by atoms with Crippen molar-refractivity contribution in [2.24, 2.45) is 11.3 Å². The maximum Gasteiger partial charge on any atom is 0.214 e. The Morgan fingerprint density at radius 1 is 0.765 bits per heavy atom. The highest BCUT2D eigenvalue weighted by Gasteiger charge is 2.34. The van der Waals surface area contributed by atoms with E-state index in [1.54, 1.807) is 4.31 Å². The molecule has 0 aromatic carbocycles. The lowest BCUT2D eigenvalue weighted by molar-refractivity contribution is 0.112. The number of sulfone groups is 1. The average molecular weight is 524 g/mol. The van der Waals surface area contributed by atoms with Crippen molar-refractivity contribution in [3.8, 4) is 0 Å². The largest absolute Gasteiger partial charge is 0.298 e. The zero-order chi connectivity index (χ0) is 26.5. The smallest absolute Gasteiger partial charge is 0.214 e. The zero-order valence-corrected chi connectivity index (χ0v) is 25.2. The molecule has 34 heavy (non-hydrogen) atoms. The molecule has 0 N–H and O–H groups in total. The van der Waals surface area contributed by atoms with Crippen molar-refractivity contribution < 1.29 is 16.8 Å². The summed E-state index contributed by atoms with van der Waals surface area (Å²) in [7, 11) is -5.96. The quantitative estimate of drug-likeness (QED) is 0.528. The standard InChI is InChI=1S/C13H27NO2S.C12H26N2O2S/c1-11(2)10-17(15,16)12-6-8-14(9-7-12)13(3,4)5;1-11(2)13-6-8-14(9-7-13)17(15,16)10-12(3,4)5/h11-12H,6-10H2,1-5H3;11H,6-10H2,1-5H3. The first-order chi connectivity index (χ1) is 15.2. The average Bonchev–Trinajstić information content (AvgIpc) is 2.65. The second-order valence-electron chi connectivity index (χ2n) is 12.9. The minimum absolute atomic E-state index is 0.108. The van der Waals surface area contributed by atoms with Crippen molar-refractivity contribution in [1.29, 1.82) is 0 Å². The highest BCUT2D eigenvalue weighted by molar-refractivity contribution is 7.92. The molecule has 0 amide bonds. The first-order valence-electron chi connectivity index (χ1n) is 12.9. The summed E-state index contributed by atoms with van der Waals surface area (Å²) in [5.74, 6) is 0.815. The van der Waals surface area contributed by atoms with Crippen LogP contribution in [0.4, 0.5) is 0 Å². The summed E-state index contributed by atoms with van der Waals surface area (Å²) < 4.78 is 50.3. The van der Waals surface area contributed by atoms with E-state index in [0.29, 0.717) is 24.9 Å². The number of piperazine rings is 1. The topological polar surface area (TPSA) is 78.0 Å². The number of likely N-dealkylation sites (tertiary alicyclic amines) is 1. The Kier molecular flexibility index (Phi) is 11.6. The molecular weight excluding hydrogens is 470 g/mol. The number of rotatable bonds is 6. The van der Waals surface area contributed by atoms with Gasteiger partial charge in [0.05, 0.1) is 16.8 Å². The van der Waals surface area contributed by atoms with E-state index in [4.69, 9.17) is 0 Å². The van der Waals surface area contributed by atoms with Crippen molar-refractivity contribution in [1.82, 2.24) is 14.1 Å². The van der Waals surface area contributed by atoms with Gasteiger partial charge in [0.15, 0.2) is 9.84 Å². The molecule has 2 aliphatic heterocycles. The Morgan fingerprint density at radius 2 is 1.24 bits per heavy atom. The van der Waals surface area contributed by atoms with Crippen LogP contribution in [0, 0.1) is 11.3 Å². The second kappa shape index (κ2) is 12.3. The normalized spacial score (nSPS) is 21.1. The van der Waals surface area contributed by atoms with Crippen molar-refractivity contribution in [2.75, 3.05) is 50.8 Å². The van der Waals surface area contributed by atoms with Crippen LogP contribution in [0.25, 0.3) is 0 Å². The fraction of sp³-hybridized carbons (Fsp3) is 1.00. The molecule has 2 rings (SSSR count). The van der Waals surface area contributed by atoms with Gasteiger partial charge in [-0.1, -0.05) is 34.6 Å². The molecular formula is C25H53N3O4S2. The van der Waals surface area contributed by atoms with Crippen LogP contribution in [0.3, 0.4) is 0 Å². The molecule has 0 unspecified atom stereocenters. The fourth-order valence-corrected chi connectivity index (χ4v) is 8.75. The molecule has 0 aromatic heterocycles. The van der Waals surface area contributed by atoms with Crippen LogP contribution in [-0.4, -0.2) is 98.5 Å². The molecule has 0 atom stereocenters. The molecule has 7 nitrogen and oxygen atoms in total. The SMILES string of the molecule is CC(C)CS(=O)(=O)C1CCN(C(C)(C)C)CC1.CC(C)N1CCN(S(=O)(=O)CC(C)(C)C)CC1. The molecule has 0 saturated carbocycles. The number of nitrogens with zero attached hydrogens (tertiary/aromatic N) is 3. The van der Waals surface area contributed by atoms with E-state index in [0.717, 1.165) is 39.0 Å². The van der Waals surface area contributed by atoms with Gasteiger partial charge in [-0.05, 0) is 71.9 Å². The molecule has 2 aliphatic rings. The lowest BCUT2D eigenvalue weighted by Crippen LogP contribution is -2.51. The first-order valence-corrected chi connectivity index (χ1v) is 16.3. The van der Waals surface area contributed by atoms with E-state index in [1.807, 2.05) is 34.6 Å². The van der Waals surface area contributed by atoms with Crippen LogP contribution >= 0.6 is 0 Å². The van der Waals surface area contributed by atoms with Gasteiger partial charge >= 0.3 is 0 Å². The molecule has 2 fully saturated rings. The van der Waals surface area contributed by atoms with Gasteiger partial charge in [-0.25, -0.2) is 16.8 Å². The highest BCUT2D eigenvalue weighted by Crippen LogP contribution is 2.25. The lowest BCUT2D eigenvalue weighted by atomic mass is 10.0. The van der Waals surface area contributed by atoms with Crippen LogP contribution in [0.1, 0.15) is 82.1 Å². The van der Waals surface area contributed by atoms with Crippen LogP contribution in [0.5, 0.6) is 0 Å². The van der Waals surface area contributed by atoms with Crippen LogP contribution in [0.15, 0.2) is 0 Å². The lowest BCUT2D eigenvalue weighted by Gasteiger charge is -2.40. The summed E-state index contributed by atoms with van der Waals surface area (Å²) in [5.41, 5.74) is -0.0131. The number of hydrogen-bond donors (Lipinski definition) is 0. The van der Waals surface area contributed by atoms with Gasteiger partial charge in [-0.15, -0.1) is 0 Å². The maximum absolute atomic E-state index is 12.2. The second-order valence-corrected chi connectivity index (χ2v) is 17.2. The van der Waals surface area contributed by atoms with Gasteiger partial charge in [0, 0.05) is 37.8 Å². The van der Waals surface area contributed by atoms with Gasteiger partial charge in [0.1, 0.15) is 0 Å². The van der Waals surface area contributed by atoms with Gasteiger partial charge in [0.25, 0.3) is 0 Å². The van der Waals surface area contributed by atoms with Crippen LogP contribution in [0.2, 0.25) is 0 Å². The summed E-state index contributed by atoms with van der Waals surface area (Å²) in [4.78, 5) is 4.71. The Bertz CT molecular complexity index is 809. The molecule has 2 heterocycles. The molecule has 0 bridgehead atoms. The number of sulfonamides is 1. The van der Waals surface area contributed by atoms with E-state index >= 15 is 0 Å². The third-order valence-corrected chi connectivity index (χ3v) is 11.5. The van der Waals surface area contributed by atoms with E-state index < -0.39 is 19.9 Å². The van der Waals surface area contributed by atoms with Crippen molar-refractivity contribution in [3.05, 3.63) is 0 Å². The molecule has 0 radical (unpaired) electrons. The summed E-state index contributed by atoms with van der Waals surface area (Å²) in [6.07, 6.45) is 1.60. The zero-order valence-electron chi connectivity index (χ0n) is 23.6. The first kappa shape index (κ1) is 31.8. The summed E-state index contributed by atoms with van der Waals surface area (Å²) >= 11 is 0. The predicted molar refractivity (Wildman–Crippen MR) is 144 cm³/mol. The van der Waals surface area contributed by atoms with E-state index in [2.05, 4.69) is 44.4 Å². The Labute approximate surface area is 211 Å². The van der Waals surface area contributed by atoms with Gasteiger partial charge < -0.3 is 0 Å². The van der Waals surface area contributed by atoms with Gasteiger partial charge in [-0.2, -0.15) is 4.31 Å². The highest BCUT2D eigenvalue weighted by atomic mass is 32.2. The summed E-state index contributed by atoms with van der Waals surface area (Å²) in [6.45, 7) is 25.5. The molecule has 0 aromatic rings. The molecule has 204 valence electrons. The Hall–Kier alpha value is -0.220. The Morgan fingerprint density at radius 3 is 1.59 bits per heavy atom. The third kappa shape index (κ3) is 10.8. The Balaban J connectivity index is 0.000000340. The minimum Gasteiger partial charge on any atom is -0.298 e. The molecule has 2 saturated heterocycles. The van der Waals surface area contributed by atoms with Crippen LogP contribution in [-0.2, 0) is 19.9 Å². The van der Waals surface area contributed by atoms with E-state index in [9.17, 15) is 16.8 Å². The fourth-order valence-electron chi connectivity index (χ4n) is 4.62. The van der Waals surface area contributed by atoms with Crippen LogP contribution < -0.4 is 0 Å². The molecule has 0 spiro atoms. The predicted octanol–water partition coefficient (Wildman–Crippen LogP) is 3.71. The van der Waals surface area contributed by atoms with Crippen molar-refractivity contribution in [3.63, 3.8) is 0 Å². The van der Waals surface area contributed by atoms with Gasteiger partial charge in [-0.3, -0.25) is 9.80 Å². The van der Waals surface area contributed by atoms with E-state index in [-0.39, 0.29) is 27.9 Å². The summed E-state index contributed by atoms with van der Waals surface area (Å²) in [5, 5.41) is -0.108. The molecule has 9 heteroatoms. The van der Waals surface area contributed by atoms with E-state index in [1.165, 1.54) is 0 Å².